The monoisotopic (exact) mass is 398 g/mol. The number of halogens is 1. The quantitative estimate of drug-likeness (QED) is 0.556. The molecule has 2 heterocycles. The second-order valence-corrected chi connectivity index (χ2v) is 10.7. The molecule has 4 aliphatic carbocycles. The molecule has 1 spiro atoms. The minimum atomic E-state index is -1.11. The Morgan fingerprint density at radius 2 is 1.90 bits per heavy atom. The van der Waals surface area contributed by atoms with Crippen LogP contribution in [-0.4, -0.2) is 30.1 Å². The van der Waals surface area contributed by atoms with Gasteiger partial charge >= 0.3 is 13.1 Å². The molecule has 4 saturated carbocycles. The van der Waals surface area contributed by atoms with Crippen molar-refractivity contribution in [3.63, 3.8) is 0 Å². The van der Waals surface area contributed by atoms with Crippen LogP contribution in [0.1, 0.15) is 68.8 Å². The summed E-state index contributed by atoms with van der Waals surface area (Å²) in [4.78, 5) is 12.4. The molecule has 7 atom stereocenters. The second-order valence-electron chi connectivity index (χ2n) is 10.7. The standard InChI is InChI=1S/C22H24BFO5/c1-19(2)26-17-11(5-6-14(24)16(17)18(25)27-19)12-8-13(12)23-28-21(4)15-7-10-9-22(21,29-23)20(10,15)3/h5-6,10,12-13,15H,7-9H2,1-4H3/t10?,12-,13-,15?,20?,21+,22?/m1/s1. The van der Waals surface area contributed by atoms with Crippen molar-refractivity contribution in [3.8, 4) is 5.75 Å². The van der Waals surface area contributed by atoms with Crippen LogP contribution in [0.4, 0.5) is 4.39 Å². The van der Waals surface area contributed by atoms with Crippen LogP contribution in [-0.2, 0) is 14.0 Å². The predicted octanol–water partition coefficient (Wildman–Crippen LogP) is 4.06. The molecular formula is C22H24BFO5. The van der Waals surface area contributed by atoms with E-state index in [-0.39, 0.29) is 35.6 Å². The van der Waals surface area contributed by atoms with E-state index in [4.69, 9.17) is 18.8 Å². The molecule has 1 saturated heterocycles. The van der Waals surface area contributed by atoms with Gasteiger partial charge in [0.2, 0.25) is 5.79 Å². The molecule has 1 aromatic carbocycles. The Bertz CT molecular complexity index is 1010. The largest absolute Gasteiger partial charge is 0.461 e. The molecule has 7 heteroatoms. The van der Waals surface area contributed by atoms with Crippen LogP contribution < -0.4 is 4.74 Å². The summed E-state index contributed by atoms with van der Waals surface area (Å²) >= 11 is 0. The van der Waals surface area contributed by atoms with Gasteiger partial charge in [-0.1, -0.05) is 13.0 Å². The maximum Gasteiger partial charge on any atom is 0.461 e. The van der Waals surface area contributed by atoms with E-state index in [0.29, 0.717) is 17.1 Å². The molecule has 5 nitrogen and oxygen atoms in total. The first-order valence-electron chi connectivity index (χ1n) is 10.7. The molecule has 29 heavy (non-hydrogen) atoms. The van der Waals surface area contributed by atoms with E-state index in [1.807, 2.05) is 0 Å². The first-order chi connectivity index (χ1) is 13.6. The molecule has 5 fully saturated rings. The van der Waals surface area contributed by atoms with Crippen molar-refractivity contribution in [1.29, 1.82) is 0 Å². The van der Waals surface area contributed by atoms with Crippen molar-refractivity contribution in [2.24, 2.45) is 17.3 Å². The molecule has 6 aliphatic rings. The molecule has 7 rings (SSSR count). The Labute approximate surface area is 169 Å². The topological polar surface area (TPSA) is 54.0 Å². The van der Waals surface area contributed by atoms with Gasteiger partial charge in [-0.05, 0) is 55.6 Å². The number of hydrogen-bond acceptors (Lipinski definition) is 5. The molecule has 0 aromatic heterocycles. The second kappa shape index (κ2) is 4.52. The number of hydrogen-bond donors (Lipinski definition) is 0. The van der Waals surface area contributed by atoms with Gasteiger partial charge in [0.1, 0.15) is 17.1 Å². The van der Waals surface area contributed by atoms with Gasteiger partial charge in [-0.2, -0.15) is 0 Å². The van der Waals surface area contributed by atoms with E-state index in [9.17, 15) is 9.18 Å². The van der Waals surface area contributed by atoms with Crippen LogP contribution in [0.15, 0.2) is 12.1 Å². The number of rotatable bonds is 2. The minimum Gasteiger partial charge on any atom is -0.451 e. The van der Waals surface area contributed by atoms with Crippen molar-refractivity contribution in [3.05, 3.63) is 29.1 Å². The molecule has 0 radical (unpaired) electrons. The molecule has 0 amide bonds. The van der Waals surface area contributed by atoms with Crippen LogP contribution in [0.5, 0.6) is 5.75 Å². The summed E-state index contributed by atoms with van der Waals surface area (Å²) in [6, 6.07) is 3.08. The SMILES string of the molecule is CC1(C)OC(=O)c2c(F)ccc([C@H]3C[C@H]3B3OC45CC6CC(C64C)[C@]5(C)O3)c2O1. The van der Waals surface area contributed by atoms with Crippen LogP contribution in [0.3, 0.4) is 0 Å². The fourth-order valence-corrected chi connectivity index (χ4v) is 7.67. The zero-order chi connectivity index (χ0) is 20.1. The van der Waals surface area contributed by atoms with Gasteiger partial charge in [-0.15, -0.1) is 0 Å². The van der Waals surface area contributed by atoms with Gasteiger partial charge in [-0.25, -0.2) is 9.18 Å². The lowest BCUT2D eigenvalue weighted by Gasteiger charge is -2.87. The first-order valence-corrected chi connectivity index (χ1v) is 10.7. The summed E-state index contributed by atoms with van der Waals surface area (Å²) in [5, 5.41) is 0. The van der Waals surface area contributed by atoms with Crippen LogP contribution in [0.25, 0.3) is 0 Å². The Morgan fingerprint density at radius 1 is 1.10 bits per heavy atom. The van der Waals surface area contributed by atoms with E-state index in [0.717, 1.165) is 24.3 Å². The Kier molecular flexibility index (Phi) is 2.67. The molecule has 1 aromatic rings. The van der Waals surface area contributed by atoms with E-state index >= 15 is 0 Å². The third kappa shape index (κ3) is 1.62. The van der Waals surface area contributed by atoms with Gasteiger partial charge in [0.25, 0.3) is 0 Å². The van der Waals surface area contributed by atoms with Crippen molar-refractivity contribution in [2.45, 2.75) is 75.7 Å². The third-order valence-corrected chi connectivity index (χ3v) is 9.26. The van der Waals surface area contributed by atoms with Gasteiger partial charge in [0.05, 0.1) is 11.2 Å². The smallest absolute Gasteiger partial charge is 0.451 e. The van der Waals surface area contributed by atoms with Gasteiger partial charge in [0, 0.05) is 25.1 Å². The number of carbonyl (C=O) groups is 1. The van der Waals surface area contributed by atoms with Crippen molar-refractivity contribution in [1.82, 2.24) is 0 Å². The molecule has 0 bridgehead atoms. The van der Waals surface area contributed by atoms with E-state index in [1.165, 1.54) is 12.5 Å². The number of ether oxygens (including phenoxy) is 2. The lowest BCUT2D eigenvalue weighted by atomic mass is 9.21. The number of esters is 1. The third-order valence-electron chi connectivity index (χ3n) is 9.26. The van der Waals surface area contributed by atoms with Gasteiger partial charge in [0.15, 0.2) is 0 Å². The molecule has 2 aliphatic heterocycles. The number of carbonyl (C=O) groups excluding carboxylic acids is 1. The van der Waals surface area contributed by atoms with Gasteiger partial charge < -0.3 is 18.8 Å². The first kappa shape index (κ1) is 17.1. The highest BCUT2D eigenvalue weighted by atomic mass is 19.1. The minimum absolute atomic E-state index is 0.0984. The summed E-state index contributed by atoms with van der Waals surface area (Å²) in [7, 11) is -0.238. The fourth-order valence-electron chi connectivity index (χ4n) is 7.67. The molecule has 4 unspecified atom stereocenters. The van der Waals surface area contributed by atoms with E-state index in [1.54, 1.807) is 19.9 Å². The molecule has 152 valence electrons. The van der Waals surface area contributed by atoms with Crippen molar-refractivity contribution < 1.29 is 28.0 Å². The Balaban J connectivity index is 1.20. The van der Waals surface area contributed by atoms with E-state index in [2.05, 4.69) is 13.8 Å². The molecule has 0 N–H and O–H groups in total. The van der Waals surface area contributed by atoms with Crippen LogP contribution in [0, 0.1) is 23.1 Å². The van der Waals surface area contributed by atoms with Crippen molar-refractivity contribution in [2.75, 3.05) is 0 Å². The van der Waals surface area contributed by atoms with Crippen LogP contribution >= 0.6 is 0 Å². The average molecular weight is 398 g/mol. The fraction of sp³-hybridized carbons (Fsp3) is 0.682. The lowest BCUT2D eigenvalue weighted by molar-refractivity contribution is -0.429. The lowest BCUT2D eigenvalue weighted by Crippen LogP contribution is -2.92. The predicted molar refractivity (Wildman–Crippen MR) is 101 cm³/mol. The summed E-state index contributed by atoms with van der Waals surface area (Å²) in [6.07, 6.45) is 3.26. The Hall–Kier alpha value is -1.60. The highest BCUT2D eigenvalue weighted by Crippen LogP contribution is 2.88. The maximum atomic E-state index is 14.4. The summed E-state index contributed by atoms with van der Waals surface area (Å²) in [5.41, 5.74) is 0.770. The highest BCUT2D eigenvalue weighted by molar-refractivity contribution is 6.49. The zero-order valence-electron chi connectivity index (χ0n) is 17.1. The number of benzene rings is 1. The maximum absolute atomic E-state index is 14.4. The van der Waals surface area contributed by atoms with Crippen LogP contribution in [0.2, 0.25) is 5.82 Å². The Morgan fingerprint density at radius 3 is 2.59 bits per heavy atom. The number of cyclic esters (lactones) is 1. The molecular weight excluding hydrogens is 374 g/mol. The number of fused-ring (bicyclic) bond motifs is 2. The summed E-state index contributed by atoms with van der Waals surface area (Å²) in [6.45, 7) is 7.92. The van der Waals surface area contributed by atoms with E-state index < -0.39 is 17.6 Å². The average Bonchev–Trinajstić information content (AvgIpc) is 3.35. The van der Waals surface area contributed by atoms with Crippen molar-refractivity contribution >= 4 is 13.1 Å². The normalized spacial score (nSPS) is 49.4. The summed E-state index contributed by atoms with van der Waals surface area (Å²) < 4.78 is 38.7. The van der Waals surface area contributed by atoms with Gasteiger partial charge in [-0.3, -0.25) is 0 Å². The highest BCUT2D eigenvalue weighted by Gasteiger charge is 2.94. The summed E-state index contributed by atoms with van der Waals surface area (Å²) in [5.74, 6) is -0.336. The zero-order valence-corrected chi connectivity index (χ0v) is 17.1.